The van der Waals surface area contributed by atoms with Gasteiger partial charge in [-0.3, -0.25) is 9.59 Å². The minimum Gasteiger partial charge on any atom is -0.360 e. The summed E-state index contributed by atoms with van der Waals surface area (Å²) in [6.45, 7) is 5.57. The maximum Gasteiger partial charge on any atom is 0.253 e. The van der Waals surface area contributed by atoms with Crippen LogP contribution in [0.2, 0.25) is 0 Å². The van der Waals surface area contributed by atoms with Crippen molar-refractivity contribution in [2.75, 3.05) is 18.4 Å². The summed E-state index contributed by atoms with van der Waals surface area (Å²) in [5.74, 6) is -0.705. The van der Waals surface area contributed by atoms with Crippen LogP contribution in [0.3, 0.4) is 0 Å². The summed E-state index contributed by atoms with van der Waals surface area (Å²) < 4.78 is 34.6. The van der Waals surface area contributed by atoms with Crippen molar-refractivity contribution >= 4 is 28.7 Å². The van der Waals surface area contributed by atoms with Crippen LogP contribution in [0.25, 0.3) is 11.0 Å². The smallest absolute Gasteiger partial charge is 0.253 e. The van der Waals surface area contributed by atoms with Crippen molar-refractivity contribution in [1.29, 1.82) is 0 Å². The number of amides is 2. The van der Waals surface area contributed by atoms with Gasteiger partial charge in [-0.15, -0.1) is 0 Å². The van der Waals surface area contributed by atoms with Crippen LogP contribution in [-0.4, -0.2) is 50.4 Å². The van der Waals surface area contributed by atoms with Crippen molar-refractivity contribution in [2.45, 2.75) is 84.1 Å². The van der Waals surface area contributed by atoms with Gasteiger partial charge in [-0.05, 0) is 63.1 Å². The molecule has 210 valence electrons. The average Bonchev–Trinajstić information content (AvgIpc) is 3.50. The van der Waals surface area contributed by atoms with Crippen LogP contribution in [0.5, 0.6) is 0 Å². The zero-order chi connectivity index (χ0) is 27.6. The summed E-state index contributed by atoms with van der Waals surface area (Å²) in [6, 6.07) is 7.31. The molecule has 5 rings (SSSR count). The van der Waals surface area contributed by atoms with Crippen LogP contribution in [0.1, 0.15) is 80.2 Å². The van der Waals surface area contributed by atoms with Gasteiger partial charge in [-0.1, -0.05) is 18.5 Å². The molecule has 0 atom stereocenters. The highest BCUT2D eigenvalue weighted by molar-refractivity contribution is 5.98. The first-order valence-corrected chi connectivity index (χ1v) is 14.1. The summed E-state index contributed by atoms with van der Waals surface area (Å²) in [4.78, 5) is 32.6. The van der Waals surface area contributed by atoms with E-state index < -0.39 is 5.92 Å². The van der Waals surface area contributed by atoms with Gasteiger partial charge < -0.3 is 19.3 Å². The number of hydrogen-bond donors (Lipinski definition) is 1. The molecule has 2 fully saturated rings. The zero-order valence-electron chi connectivity index (χ0n) is 22.7. The Balaban J connectivity index is 1.25. The molecule has 1 aromatic carbocycles. The van der Waals surface area contributed by atoms with E-state index in [1.165, 1.54) is 0 Å². The molecule has 39 heavy (non-hydrogen) atoms. The molecule has 3 heterocycles. The molecule has 0 radical (unpaired) electrons. The lowest BCUT2D eigenvalue weighted by molar-refractivity contribution is -0.121. The second-order valence-electron chi connectivity index (χ2n) is 11.1. The summed E-state index contributed by atoms with van der Waals surface area (Å²) in [5.41, 5.74) is 2.30. The van der Waals surface area contributed by atoms with Crippen LogP contribution in [-0.2, 0) is 17.8 Å². The topological polar surface area (TPSA) is 93.3 Å². The first kappa shape index (κ1) is 27.3. The standard InChI is InChI=1S/C29H37F2N5O3/c1-3-4-5-26-32-23-17-22(6-7-24(23)36(26)18-20-8-12-29(30,31)13-9-20)28(38)35-14-10-21(11-15-35)27(37)33-25-16-19(2)39-34-25/h6-7,16-17,20-21H,3-5,8-15,18H2,1-2H3,(H,33,34,37). The summed E-state index contributed by atoms with van der Waals surface area (Å²) in [6.07, 6.45) is 4.94. The van der Waals surface area contributed by atoms with Crippen molar-refractivity contribution in [3.05, 3.63) is 41.4 Å². The fraction of sp³-hybridized carbons (Fsp3) is 0.586. The Hall–Kier alpha value is -3.30. The van der Waals surface area contributed by atoms with Crippen LogP contribution < -0.4 is 5.32 Å². The maximum atomic E-state index is 13.7. The van der Waals surface area contributed by atoms with Gasteiger partial charge in [0.25, 0.3) is 5.91 Å². The van der Waals surface area contributed by atoms with Gasteiger partial charge in [-0.25, -0.2) is 13.8 Å². The lowest BCUT2D eigenvalue weighted by Crippen LogP contribution is -2.41. The van der Waals surface area contributed by atoms with Crippen molar-refractivity contribution in [3.8, 4) is 0 Å². The minimum absolute atomic E-state index is 0.0501. The Kier molecular flexibility index (Phi) is 8.00. The number of fused-ring (bicyclic) bond motifs is 1. The zero-order valence-corrected chi connectivity index (χ0v) is 22.7. The van der Waals surface area contributed by atoms with Gasteiger partial charge in [0.2, 0.25) is 11.8 Å². The monoisotopic (exact) mass is 541 g/mol. The molecule has 3 aromatic rings. The highest BCUT2D eigenvalue weighted by Gasteiger charge is 2.35. The Labute approximate surface area is 227 Å². The van der Waals surface area contributed by atoms with Gasteiger partial charge in [0, 0.05) is 56.4 Å². The molecule has 1 aliphatic carbocycles. The molecule has 2 aliphatic rings. The Morgan fingerprint density at radius 3 is 2.54 bits per heavy atom. The van der Waals surface area contributed by atoms with Gasteiger partial charge in [0.1, 0.15) is 11.6 Å². The van der Waals surface area contributed by atoms with E-state index in [4.69, 9.17) is 9.51 Å². The quantitative estimate of drug-likeness (QED) is 0.378. The number of piperidine rings is 1. The number of carbonyl (C=O) groups excluding carboxylic acids is 2. The molecule has 10 heteroatoms. The van der Waals surface area contributed by atoms with E-state index in [9.17, 15) is 18.4 Å². The number of nitrogens with zero attached hydrogens (tertiary/aromatic N) is 4. The van der Waals surface area contributed by atoms with Gasteiger partial charge in [0.15, 0.2) is 5.82 Å². The number of alkyl halides is 2. The van der Waals surface area contributed by atoms with Crippen molar-refractivity contribution in [2.24, 2.45) is 11.8 Å². The number of carbonyl (C=O) groups is 2. The third kappa shape index (κ3) is 6.31. The predicted molar refractivity (Wildman–Crippen MR) is 144 cm³/mol. The molecule has 0 spiro atoms. The molecule has 1 saturated heterocycles. The number of anilines is 1. The molecular formula is C29H37F2N5O3. The third-order valence-corrected chi connectivity index (χ3v) is 8.14. The molecule has 2 amide bonds. The number of aromatic nitrogens is 3. The second kappa shape index (κ2) is 11.4. The van der Waals surface area contributed by atoms with E-state index in [1.54, 1.807) is 17.9 Å². The molecule has 1 saturated carbocycles. The highest BCUT2D eigenvalue weighted by atomic mass is 19.3. The molecule has 2 aromatic heterocycles. The van der Waals surface area contributed by atoms with Crippen LogP contribution in [0.4, 0.5) is 14.6 Å². The molecular weight excluding hydrogens is 504 g/mol. The number of hydrogen-bond acceptors (Lipinski definition) is 5. The SMILES string of the molecule is CCCCc1nc2cc(C(=O)N3CCC(C(=O)Nc4cc(C)on4)CC3)ccc2n1CC1CCC(F)(F)CC1. The van der Waals surface area contributed by atoms with Crippen molar-refractivity contribution in [3.63, 3.8) is 0 Å². The van der Waals surface area contributed by atoms with Gasteiger partial charge in [-0.2, -0.15) is 0 Å². The van der Waals surface area contributed by atoms with Gasteiger partial charge in [0.05, 0.1) is 11.0 Å². The van der Waals surface area contributed by atoms with E-state index in [2.05, 4.69) is 22.0 Å². The normalized spacial score (nSPS) is 18.5. The molecule has 1 N–H and O–H groups in total. The van der Waals surface area contributed by atoms with Gasteiger partial charge >= 0.3 is 0 Å². The third-order valence-electron chi connectivity index (χ3n) is 8.14. The lowest BCUT2D eigenvalue weighted by atomic mass is 9.86. The number of unbranched alkanes of at least 4 members (excludes halogenated alkanes) is 1. The van der Waals surface area contributed by atoms with Crippen molar-refractivity contribution < 1.29 is 22.9 Å². The first-order chi connectivity index (χ1) is 18.7. The first-order valence-electron chi connectivity index (χ1n) is 14.1. The molecule has 1 aliphatic heterocycles. The van der Waals surface area contributed by atoms with E-state index in [0.29, 0.717) is 62.5 Å². The number of likely N-dealkylation sites (tertiary alicyclic amines) is 1. The van der Waals surface area contributed by atoms with E-state index in [0.717, 1.165) is 36.1 Å². The van der Waals surface area contributed by atoms with Crippen LogP contribution >= 0.6 is 0 Å². The number of aryl methyl sites for hydroxylation is 2. The molecule has 0 bridgehead atoms. The number of benzene rings is 1. The molecule has 0 unspecified atom stereocenters. The highest BCUT2D eigenvalue weighted by Crippen LogP contribution is 2.37. The van der Waals surface area contributed by atoms with Crippen LogP contribution in [0.15, 0.2) is 28.8 Å². The van der Waals surface area contributed by atoms with Crippen LogP contribution in [0, 0.1) is 18.8 Å². The maximum absolute atomic E-state index is 13.7. The minimum atomic E-state index is -2.54. The summed E-state index contributed by atoms with van der Waals surface area (Å²) >= 11 is 0. The Bertz CT molecular complexity index is 1320. The fourth-order valence-corrected chi connectivity index (χ4v) is 5.76. The second-order valence-corrected chi connectivity index (χ2v) is 11.1. The summed E-state index contributed by atoms with van der Waals surface area (Å²) in [5, 5.41) is 6.60. The number of imidazole rings is 1. The number of nitrogens with one attached hydrogen (secondary N) is 1. The number of halogens is 2. The Morgan fingerprint density at radius 2 is 1.87 bits per heavy atom. The van der Waals surface area contributed by atoms with E-state index >= 15 is 0 Å². The largest absolute Gasteiger partial charge is 0.360 e. The number of rotatable bonds is 8. The van der Waals surface area contributed by atoms with E-state index in [1.807, 2.05) is 18.2 Å². The summed E-state index contributed by atoms with van der Waals surface area (Å²) in [7, 11) is 0. The van der Waals surface area contributed by atoms with E-state index in [-0.39, 0.29) is 36.5 Å². The fourth-order valence-electron chi connectivity index (χ4n) is 5.76. The lowest BCUT2D eigenvalue weighted by Gasteiger charge is -2.31. The Morgan fingerprint density at radius 1 is 1.13 bits per heavy atom. The predicted octanol–water partition coefficient (Wildman–Crippen LogP) is 5.99. The van der Waals surface area contributed by atoms with Crippen molar-refractivity contribution in [1.82, 2.24) is 19.6 Å². The average molecular weight is 542 g/mol. The molecule has 8 nitrogen and oxygen atoms in total.